The number of rotatable bonds is 17. The number of hydrogen-bond donors (Lipinski definition) is 2. The van der Waals surface area contributed by atoms with Gasteiger partial charge in [-0.15, -0.1) is 0 Å². The van der Waals surface area contributed by atoms with Gasteiger partial charge in [0.15, 0.2) is 0 Å². The molecular formula is C32H54N2O6. The molecule has 8 heteroatoms. The van der Waals surface area contributed by atoms with Crippen molar-refractivity contribution in [3.63, 3.8) is 0 Å². The second-order valence-corrected chi connectivity index (χ2v) is 10.3. The van der Waals surface area contributed by atoms with E-state index in [-0.39, 0.29) is 37.2 Å². The topological polar surface area (TPSA) is 111 Å². The number of carbonyl (C=O) groups excluding carboxylic acids is 4. The van der Waals surface area contributed by atoms with Crippen LogP contribution in [0.2, 0.25) is 0 Å². The fraction of sp³-hybridized carbons (Fsp3) is 0.688. The minimum absolute atomic E-state index is 0.0173. The number of aldehydes is 2. The zero-order valence-electron chi connectivity index (χ0n) is 25.3. The van der Waals surface area contributed by atoms with Gasteiger partial charge in [-0.2, -0.15) is 0 Å². The van der Waals surface area contributed by atoms with Crippen LogP contribution >= 0.6 is 0 Å². The molecule has 1 aliphatic rings. The molecule has 0 radical (unpaired) electrons. The molecule has 1 amide bonds. The molecule has 40 heavy (non-hydrogen) atoms. The van der Waals surface area contributed by atoms with Crippen LogP contribution in [-0.2, 0) is 35.1 Å². The molecule has 0 heterocycles. The second kappa shape index (κ2) is 26.6. The number of hydrogen-bond acceptors (Lipinski definition) is 7. The molecule has 1 aliphatic carbocycles. The predicted octanol–water partition coefficient (Wildman–Crippen LogP) is 5.21. The quantitative estimate of drug-likeness (QED) is 0.198. The van der Waals surface area contributed by atoms with Crippen LogP contribution in [0.3, 0.4) is 0 Å². The van der Waals surface area contributed by atoms with E-state index in [0.29, 0.717) is 18.7 Å². The highest BCUT2D eigenvalue weighted by atomic mass is 16.5. The number of amides is 1. The van der Waals surface area contributed by atoms with Crippen LogP contribution in [0.5, 0.6) is 0 Å². The van der Waals surface area contributed by atoms with E-state index in [9.17, 15) is 19.2 Å². The van der Waals surface area contributed by atoms with Crippen molar-refractivity contribution in [3.8, 4) is 0 Å². The Balaban J connectivity index is 0.00000117. The van der Waals surface area contributed by atoms with Gasteiger partial charge in [0.25, 0.3) is 0 Å². The normalized spacial score (nSPS) is 14.3. The lowest BCUT2D eigenvalue weighted by Gasteiger charge is -2.24. The third-order valence-corrected chi connectivity index (χ3v) is 7.03. The van der Waals surface area contributed by atoms with Gasteiger partial charge in [-0.1, -0.05) is 75.3 Å². The predicted molar refractivity (Wildman–Crippen MR) is 160 cm³/mol. The molecule has 0 aromatic heterocycles. The van der Waals surface area contributed by atoms with Crippen LogP contribution in [0.1, 0.15) is 95.5 Å². The summed E-state index contributed by atoms with van der Waals surface area (Å²) < 4.78 is 8.50. The van der Waals surface area contributed by atoms with Crippen molar-refractivity contribution < 1.29 is 28.7 Å². The molecule has 228 valence electrons. The smallest absolute Gasteiger partial charge is 0.305 e. The maximum atomic E-state index is 12.2. The van der Waals surface area contributed by atoms with Crippen LogP contribution in [-0.4, -0.2) is 64.9 Å². The first-order valence-corrected chi connectivity index (χ1v) is 14.8. The number of ether oxygens (including phenoxy) is 2. The average molecular weight is 563 g/mol. The summed E-state index contributed by atoms with van der Waals surface area (Å²) in [5, 5.41) is 6.65. The molecule has 8 nitrogen and oxygen atoms in total. The van der Waals surface area contributed by atoms with Crippen LogP contribution in [0, 0.1) is 5.92 Å². The van der Waals surface area contributed by atoms with Crippen molar-refractivity contribution in [2.75, 3.05) is 28.4 Å². The lowest BCUT2D eigenvalue weighted by Crippen LogP contribution is -2.38. The van der Waals surface area contributed by atoms with E-state index < -0.39 is 0 Å². The van der Waals surface area contributed by atoms with E-state index in [4.69, 9.17) is 0 Å². The van der Waals surface area contributed by atoms with E-state index >= 15 is 0 Å². The molecule has 1 saturated carbocycles. The minimum Gasteiger partial charge on any atom is -0.469 e. The van der Waals surface area contributed by atoms with E-state index in [0.717, 1.165) is 31.5 Å². The zero-order valence-corrected chi connectivity index (χ0v) is 25.3. The Hall–Kier alpha value is -2.58. The Morgan fingerprint density at radius 3 is 2.08 bits per heavy atom. The maximum Gasteiger partial charge on any atom is 0.305 e. The Bertz CT molecular complexity index is 768. The van der Waals surface area contributed by atoms with Gasteiger partial charge in [0.2, 0.25) is 5.91 Å². The zero-order chi connectivity index (χ0) is 29.8. The molecule has 1 fully saturated rings. The van der Waals surface area contributed by atoms with Gasteiger partial charge in [-0.3, -0.25) is 9.59 Å². The van der Waals surface area contributed by atoms with E-state index in [2.05, 4.69) is 39.3 Å². The number of carbonyl (C=O) groups is 4. The number of esters is 1. The first-order chi connectivity index (χ1) is 19.4. The Kier molecular flexibility index (Phi) is 24.9. The third kappa shape index (κ3) is 21.3. The van der Waals surface area contributed by atoms with E-state index in [1.807, 2.05) is 18.2 Å². The van der Waals surface area contributed by atoms with Gasteiger partial charge in [-0.05, 0) is 44.2 Å². The van der Waals surface area contributed by atoms with Crippen molar-refractivity contribution >= 4 is 24.4 Å². The molecule has 2 N–H and O–H groups in total. The summed E-state index contributed by atoms with van der Waals surface area (Å²) in [7, 11) is 6.60. The summed E-state index contributed by atoms with van der Waals surface area (Å²) in [6, 6.07) is 11.0. The Morgan fingerprint density at radius 1 is 0.900 bits per heavy atom. The summed E-state index contributed by atoms with van der Waals surface area (Å²) in [6.07, 6.45) is 16.4. The molecule has 0 spiro atoms. The van der Waals surface area contributed by atoms with Crippen molar-refractivity contribution in [1.82, 2.24) is 10.6 Å². The van der Waals surface area contributed by atoms with E-state index in [1.54, 1.807) is 14.2 Å². The molecule has 0 aliphatic heterocycles. The lowest BCUT2D eigenvalue weighted by atomic mass is 9.85. The molecule has 2 atom stereocenters. The van der Waals surface area contributed by atoms with Crippen LogP contribution in [0.4, 0.5) is 0 Å². The standard InChI is InChI=1S/C25H40N2O2.C5H8O3.C2H6O/c1-26-23(15-8-14-21-10-4-2-5-11-21)17-18-24(27-25(29)16-9-19-28)20-22-12-6-3-7-13-22;1-8-5(7)3-2-4-6;1-3-2/h3,6-7,12-13,19,21,23-24,26H,2,4-5,8-11,14-18,20H2,1H3,(H,27,29);4H,2-3H2,1H3;1-2H3. The summed E-state index contributed by atoms with van der Waals surface area (Å²) in [5.74, 6) is 0.595. The van der Waals surface area contributed by atoms with Gasteiger partial charge in [0, 0.05) is 45.6 Å². The van der Waals surface area contributed by atoms with Gasteiger partial charge >= 0.3 is 5.97 Å². The first-order valence-electron chi connectivity index (χ1n) is 14.8. The second-order valence-electron chi connectivity index (χ2n) is 10.3. The molecule has 2 unspecified atom stereocenters. The third-order valence-electron chi connectivity index (χ3n) is 7.03. The minimum atomic E-state index is -0.336. The van der Waals surface area contributed by atoms with Gasteiger partial charge in [0.05, 0.1) is 13.5 Å². The fourth-order valence-electron chi connectivity index (χ4n) is 4.86. The van der Waals surface area contributed by atoms with E-state index in [1.165, 1.54) is 64.0 Å². The molecule has 0 bridgehead atoms. The maximum absolute atomic E-state index is 12.2. The van der Waals surface area contributed by atoms with Gasteiger partial charge in [0.1, 0.15) is 12.6 Å². The van der Waals surface area contributed by atoms with Crippen molar-refractivity contribution in [2.24, 2.45) is 5.92 Å². The van der Waals surface area contributed by atoms with Crippen molar-refractivity contribution in [2.45, 2.75) is 108 Å². The molecular weight excluding hydrogens is 508 g/mol. The number of methoxy groups -OCH3 is 2. The largest absolute Gasteiger partial charge is 0.469 e. The van der Waals surface area contributed by atoms with Crippen LogP contribution in [0.25, 0.3) is 0 Å². The SMILES string of the molecule is CNC(CCCC1CCCCC1)CCC(Cc1ccccc1)NC(=O)CCC=O.COC.COC(=O)CCC=O. The average Bonchev–Trinajstić information content (AvgIpc) is 2.98. The summed E-state index contributed by atoms with van der Waals surface area (Å²) in [5.41, 5.74) is 1.24. The molecule has 1 aromatic carbocycles. The molecule has 1 aromatic rings. The molecule has 2 rings (SSSR count). The van der Waals surface area contributed by atoms with Crippen LogP contribution in [0.15, 0.2) is 30.3 Å². The molecule has 0 saturated heterocycles. The lowest BCUT2D eigenvalue weighted by molar-refractivity contribution is -0.141. The summed E-state index contributed by atoms with van der Waals surface area (Å²) >= 11 is 0. The van der Waals surface area contributed by atoms with Gasteiger partial charge in [-0.25, -0.2) is 0 Å². The van der Waals surface area contributed by atoms with Crippen LogP contribution < -0.4 is 10.6 Å². The Labute approximate surface area is 242 Å². The highest BCUT2D eigenvalue weighted by Gasteiger charge is 2.17. The van der Waals surface area contributed by atoms with Crippen molar-refractivity contribution in [3.05, 3.63) is 35.9 Å². The summed E-state index contributed by atoms with van der Waals surface area (Å²) in [4.78, 5) is 42.6. The highest BCUT2D eigenvalue weighted by molar-refractivity contribution is 5.78. The monoisotopic (exact) mass is 562 g/mol. The number of benzene rings is 1. The van der Waals surface area contributed by atoms with Gasteiger partial charge < -0.3 is 29.7 Å². The van der Waals surface area contributed by atoms with Crippen molar-refractivity contribution in [1.29, 1.82) is 0 Å². The highest BCUT2D eigenvalue weighted by Crippen LogP contribution is 2.28. The number of nitrogens with one attached hydrogen (secondary N) is 2. The first kappa shape index (κ1) is 37.4. The fourth-order valence-corrected chi connectivity index (χ4v) is 4.86. The Morgan fingerprint density at radius 2 is 1.50 bits per heavy atom. The summed E-state index contributed by atoms with van der Waals surface area (Å²) in [6.45, 7) is 0.